The van der Waals surface area contributed by atoms with E-state index in [2.05, 4.69) is 9.97 Å². The number of rotatable bonds is 3. The minimum atomic E-state index is -4.56. The molecule has 7 heteroatoms. The molecule has 1 rings (SSSR count). The summed E-state index contributed by atoms with van der Waals surface area (Å²) in [6.45, 7) is 5.35. The number of ether oxygens (including phenoxy) is 1. The molecule has 2 N–H and O–H groups in total. The molecule has 0 saturated heterocycles. The summed E-state index contributed by atoms with van der Waals surface area (Å²) in [5.74, 6) is -0.626. The van der Waals surface area contributed by atoms with Crippen LogP contribution in [-0.2, 0) is 6.18 Å². The van der Waals surface area contributed by atoms with Gasteiger partial charge in [0.1, 0.15) is 5.60 Å². The molecule has 1 aromatic heterocycles. The van der Waals surface area contributed by atoms with Gasteiger partial charge in [0, 0.05) is 6.07 Å². The number of anilines is 1. The number of halogens is 3. The quantitative estimate of drug-likeness (QED) is 0.894. The predicted octanol–water partition coefficient (Wildman–Crippen LogP) is 2.64. The molecule has 1 heterocycles. The normalized spacial score (nSPS) is 12.6. The van der Waals surface area contributed by atoms with Crippen LogP contribution in [-0.4, -0.2) is 15.6 Å². The lowest BCUT2D eigenvalue weighted by atomic mass is 10.1. The van der Waals surface area contributed by atoms with E-state index in [0.717, 1.165) is 6.07 Å². The first-order valence-corrected chi connectivity index (χ1v) is 5.05. The Balaban J connectivity index is 3.06. The van der Waals surface area contributed by atoms with Gasteiger partial charge in [0.05, 0.1) is 0 Å². The summed E-state index contributed by atoms with van der Waals surface area (Å²) in [5.41, 5.74) is 3.50. The second kappa shape index (κ2) is 4.38. The molecule has 0 spiro atoms. The lowest BCUT2D eigenvalue weighted by Gasteiger charge is -2.24. The number of hydrogen-bond donors (Lipinski definition) is 1. The number of nitrogen functional groups attached to an aromatic ring is 1. The summed E-state index contributed by atoms with van der Waals surface area (Å²) < 4.78 is 42.7. The minimum Gasteiger partial charge on any atom is -0.472 e. The van der Waals surface area contributed by atoms with E-state index < -0.39 is 23.4 Å². The van der Waals surface area contributed by atoms with E-state index in [-0.39, 0.29) is 5.88 Å². The molecule has 17 heavy (non-hydrogen) atoms. The van der Waals surface area contributed by atoms with Gasteiger partial charge in [0.15, 0.2) is 5.69 Å². The highest BCUT2D eigenvalue weighted by Crippen LogP contribution is 2.30. The van der Waals surface area contributed by atoms with E-state index in [4.69, 9.17) is 10.5 Å². The third-order valence-corrected chi connectivity index (χ3v) is 2.24. The molecule has 0 aliphatic heterocycles. The van der Waals surface area contributed by atoms with Crippen molar-refractivity contribution in [2.24, 2.45) is 0 Å². The Kier molecular flexibility index (Phi) is 3.49. The summed E-state index contributed by atoms with van der Waals surface area (Å²) in [6.07, 6.45) is -3.94. The SMILES string of the molecule is CCC(C)(C)Oc1cc(C(F)(F)F)nc(N)n1. The molecule has 4 nitrogen and oxygen atoms in total. The Hall–Kier alpha value is -1.53. The Morgan fingerprint density at radius 3 is 2.35 bits per heavy atom. The summed E-state index contributed by atoms with van der Waals surface area (Å²) in [6, 6.07) is 0.744. The van der Waals surface area contributed by atoms with Gasteiger partial charge in [-0.1, -0.05) is 6.92 Å². The molecule has 0 bridgehead atoms. The molecular formula is C10H14F3N3O. The smallest absolute Gasteiger partial charge is 0.433 e. The highest BCUT2D eigenvalue weighted by molar-refractivity contribution is 5.27. The first kappa shape index (κ1) is 13.5. The van der Waals surface area contributed by atoms with Gasteiger partial charge in [-0.05, 0) is 20.3 Å². The monoisotopic (exact) mass is 249 g/mol. The molecule has 0 amide bonds. The van der Waals surface area contributed by atoms with Crippen molar-refractivity contribution in [2.45, 2.75) is 39.0 Å². The standard InChI is InChI=1S/C10H14F3N3O/c1-4-9(2,3)17-7-5-6(10(11,12)13)15-8(14)16-7/h5H,4H2,1-3H3,(H2,14,15,16). The van der Waals surface area contributed by atoms with Gasteiger partial charge in [-0.15, -0.1) is 0 Å². The second-order valence-corrected chi connectivity index (χ2v) is 4.16. The number of aromatic nitrogens is 2. The van der Waals surface area contributed by atoms with Crippen LogP contribution in [0.4, 0.5) is 19.1 Å². The van der Waals surface area contributed by atoms with Gasteiger partial charge in [-0.25, -0.2) is 4.98 Å². The van der Waals surface area contributed by atoms with Crippen molar-refractivity contribution < 1.29 is 17.9 Å². The summed E-state index contributed by atoms with van der Waals surface area (Å²) >= 11 is 0. The number of hydrogen-bond acceptors (Lipinski definition) is 4. The molecule has 96 valence electrons. The van der Waals surface area contributed by atoms with E-state index >= 15 is 0 Å². The lowest BCUT2D eigenvalue weighted by molar-refractivity contribution is -0.141. The second-order valence-electron chi connectivity index (χ2n) is 4.16. The fourth-order valence-corrected chi connectivity index (χ4v) is 0.996. The van der Waals surface area contributed by atoms with E-state index in [0.29, 0.717) is 6.42 Å². The third-order valence-electron chi connectivity index (χ3n) is 2.24. The fourth-order valence-electron chi connectivity index (χ4n) is 0.996. The largest absolute Gasteiger partial charge is 0.472 e. The summed E-state index contributed by atoms with van der Waals surface area (Å²) in [4.78, 5) is 6.75. The van der Waals surface area contributed by atoms with Gasteiger partial charge in [-0.3, -0.25) is 0 Å². The molecule has 0 saturated carbocycles. The van der Waals surface area contributed by atoms with Crippen LogP contribution in [0.15, 0.2) is 6.07 Å². The van der Waals surface area contributed by atoms with Crippen LogP contribution >= 0.6 is 0 Å². The van der Waals surface area contributed by atoms with Gasteiger partial charge in [0.2, 0.25) is 11.8 Å². The molecule has 0 fully saturated rings. The maximum Gasteiger partial charge on any atom is 0.433 e. The Labute approximate surface area is 97.0 Å². The van der Waals surface area contributed by atoms with Crippen LogP contribution in [0.1, 0.15) is 32.9 Å². The van der Waals surface area contributed by atoms with Crippen LogP contribution < -0.4 is 10.5 Å². The highest BCUT2D eigenvalue weighted by atomic mass is 19.4. The zero-order valence-electron chi connectivity index (χ0n) is 9.80. The van der Waals surface area contributed by atoms with E-state index in [9.17, 15) is 13.2 Å². The maximum absolute atomic E-state index is 12.5. The van der Waals surface area contributed by atoms with E-state index in [1.54, 1.807) is 13.8 Å². The van der Waals surface area contributed by atoms with E-state index in [1.165, 1.54) is 0 Å². The van der Waals surface area contributed by atoms with Crippen molar-refractivity contribution in [2.75, 3.05) is 5.73 Å². The highest BCUT2D eigenvalue weighted by Gasteiger charge is 2.34. The van der Waals surface area contributed by atoms with Crippen LogP contribution in [0.3, 0.4) is 0 Å². The minimum absolute atomic E-state index is 0.170. The Morgan fingerprint density at radius 2 is 1.88 bits per heavy atom. The van der Waals surface area contributed by atoms with Crippen molar-refractivity contribution in [1.82, 2.24) is 9.97 Å². The number of nitrogens with two attached hydrogens (primary N) is 1. The maximum atomic E-state index is 12.5. The van der Waals surface area contributed by atoms with Gasteiger partial charge >= 0.3 is 6.18 Å². The van der Waals surface area contributed by atoms with Gasteiger partial charge in [0.25, 0.3) is 0 Å². The molecule has 0 atom stereocenters. The van der Waals surface area contributed by atoms with Crippen molar-refractivity contribution in [3.63, 3.8) is 0 Å². The number of alkyl halides is 3. The predicted molar refractivity (Wildman–Crippen MR) is 56.4 cm³/mol. The average molecular weight is 249 g/mol. The van der Waals surface area contributed by atoms with Crippen LogP contribution in [0.25, 0.3) is 0 Å². The molecule has 1 aromatic rings. The van der Waals surface area contributed by atoms with Crippen molar-refractivity contribution in [3.05, 3.63) is 11.8 Å². The zero-order valence-corrected chi connectivity index (χ0v) is 9.80. The number of nitrogens with zero attached hydrogens (tertiary/aromatic N) is 2. The van der Waals surface area contributed by atoms with Crippen LogP contribution in [0.2, 0.25) is 0 Å². The van der Waals surface area contributed by atoms with Gasteiger partial charge in [-0.2, -0.15) is 18.2 Å². The summed E-state index contributed by atoms with van der Waals surface area (Å²) in [5, 5.41) is 0. The first-order chi connectivity index (χ1) is 7.64. The summed E-state index contributed by atoms with van der Waals surface area (Å²) in [7, 11) is 0. The molecule has 0 aromatic carbocycles. The third kappa shape index (κ3) is 3.76. The topological polar surface area (TPSA) is 61.0 Å². The molecule has 0 unspecified atom stereocenters. The van der Waals surface area contributed by atoms with Gasteiger partial charge < -0.3 is 10.5 Å². The average Bonchev–Trinajstić information content (AvgIpc) is 2.14. The molecule has 0 aliphatic rings. The molecule has 0 aliphatic carbocycles. The van der Waals surface area contributed by atoms with Crippen molar-refractivity contribution in [1.29, 1.82) is 0 Å². The molecule has 0 radical (unpaired) electrons. The van der Waals surface area contributed by atoms with Crippen molar-refractivity contribution in [3.8, 4) is 5.88 Å². The molecular weight excluding hydrogens is 235 g/mol. The Morgan fingerprint density at radius 1 is 1.29 bits per heavy atom. The zero-order chi connectivity index (χ0) is 13.3. The fraction of sp³-hybridized carbons (Fsp3) is 0.600. The van der Waals surface area contributed by atoms with Crippen LogP contribution in [0, 0.1) is 0 Å². The van der Waals surface area contributed by atoms with Crippen LogP contribution in [0.5, 0.6) is 5.88 Å². The lowest BCUT2D eigenvalue weighted by Crippen LogP contribution is -2.27. The Bertz CT molecular complexity index is 404. The van der Waals surface area contributed by atoms with Crippen molar-refractivity contribution >= 4 is 5.95 Å². The van der Waals surface area contributed by atoms with E-state index in [1.807, 2.05) is 6.92 Å². The first-order valence-electron chi connectivity index (χ1n) is 5.05.